The van der Waals surface area contributed by atoms with E-state index in [2.05, 4.69) is 68.6 Å². The molecule has 0 spiro atoms. The summed E-state index contributed by atoms with van der Waals surface area (Å²) in [5, 5.41) is 7.87. The second-order valence-electron chi connectivity index (χ2n) is 10.7. The summed E-state index contributed by atoms with van der Waals surface area (Å²) in [6, 6.07) is 26.2. The number of aromatic amines is 1. The standard InChI is InChI=1S/C35H40N6O/c1-3-19-41(20-4-2)25-26-13-15-30(16-14-26)40-35(42)31-11-7-5-10-28(31)23-39-33(22-34-36-17-18-37-34)29-21-27-9-6-8-12-32(27)38-24-29/h5-18,21,24,33,39H,3-4,19-20,22-23,25H2,1-2H3,(H,36,37)(H,40,42). The van der Waals surface area contributed by atoms with Gasteiger partial charge in [0.25, 0.3) is 5.91 Å². The minimum atomic E-state index is -0.117. The van der Waals surface area contributed by atoms with Gasteiger partial charge in [-0.1, -0.05) is 62.4 Å². The fourth-order valence-corrected chi connectivity index (χ4v) is 5.37. The average molecular weight is 561 g/mol. The Hall–Kier alpha value is -4.33. The predicted molar refractivity (Wildman–Crippen MR) is 170 cm³/mol. The Bertz CT molecular complexity index is 1560. The van der Waals surface area contributed by atoms with E-state index in [4.69, 9.17) is 0 Å². The molecule has 216 valence electrons. The van der Waals surface area contributed by atoms with Gasteiger partial charge < -0.3 is 15.6 Å². The molecule has 1 unspecified atom stereocenters. The van der Waals surface area contributed by atoms with Crippen molar-refractivity contribution in [2.45, 2.75) is 52.2 Å². The molecule has 0 radical (unpaired) electrons. The number of benzene rings is 3. The van der Waals surface area contributed by atoms with E-state index in [1.807, 2.05) is 67.0 Å². The number of hydrogen-bond acceptors (Lipinski definition) is 5. The summed E-state index contributed by atoms with van der Waals surface area (Å²) in [7, 11) is 0. The molecule has 0 bridgehead atoms. The van der Waals surface area contributed by atoms with Gasteiger partial charge in [0.1, 0.15) is 5.82 Å². The van der Waals surface area contributed by atoms with Crippen LogP contribution >= 0.6 is 0 Å². The Morgan fingerprint density at radius 1 is 0.929 bits per heavy atom. The Morgan fingerprint density at radius 2 is 1.69 bits per heavy atom. The molecule has 0 saturated carbocycles. The zero-order valence-corrected chi connectivity index (χ0v) is 24.5. The monoisotopic (exact) mass is 560 g/mol. The Kier molecular flexibility index (Phi) is 10.1. The molecule has 0 aliphatic rings. The number of carbonyl (C=O) groups is 1. The van der Waals surface area contributed by atoms with Crippen LogP contribution in [0.3, 0.4) is 0 Å². The summed E-state index contributed by atoms with van der Waals surface area (Å²) in [5.74, 6) is 0.774. The number of imidazole rings is 1. The Morgan fingerprint density at radius 3 is 2.45 bits per heavy atom. The highest BCUT2D eigenvalue weighted by atomic mass is 16.1. The largest absolute Gasteiger partial charge is 0.349 e. The van der Waals surface area contributed by atoms with Crippen LogP contribution in [-0.2, 0) is 19.5 Å². The summed E-state index contributed by atoms with van der Waals surface area (Å²) in [6.07, 6.45) is 8.49. The lowest BCUT2D eigenvalue weighted by molar-refractivity contribution is 0.102. The lowest BCUT2D eigenvalue weighted by Crippen LogP contribution is -2.25. The van der Waals surface area contributed by atoms with Gasteiger partial charge in [0, 0.05) is 60.8 Å². The Balaban J connectivity index is 1.28. The van der Waals surface area contributed by atoms with Gasteiger partial charge in [0.15, 0.2) is 0 Å². The fourth-order valence-electron chi connectivity index (χ4n) is 5.37. The molecule has 3 aromatic carbocycles. The van der Waals surface area contributed by atoms with E-state index in [1.165, 1.54) is 5.56 Å². The van der Waals surface area contributed by atoms with Gasteiger partial charge in [0.05, 0.1) is 5.52 Å². The van der Waals surface area contributed by atoms with Gasteiger partial charge in [-0.3, -0.25) is 14.7 Å². The second kappa shape index (κ2) is 14.5. The number of carbonyl (C=O) groups excluding carboxylic acids is 1. The van der Waals surface area contributed by atoms with Crippen LogP contribution < -0.4 is 10.6 Å². The predicted octanol–water partition coefficient (Wildman–Crippen LogP) is 6.91. The van der Waals surface area contributed by atoms with Crippen LogP contribution in [0.5, 0.6) is 0 Å². The molecule has 1 atom stereocenters. The molecule has 3 N–H and O–H groups in total. The summed E-state index contributed by atoms with van der Waals surface area (Å²) < 4.78 is 0. The molecular formula is C35H40N6O. The lowest BCUT2D eigenvalue weighted by atomic mass is 10.0. The van der Waals surface area contributed by atoms with Crippen molar-refractivity contribution in [3.63, 3.8) is 0 Å². The van der Waals surface area contributed by atoms with Crippen molar-refractivity contribution in [3.05, 3.63) is 126 Å². The summed E-state index contributed by atoms with van der Waals surface area (Å²) in [6.45, 7) is 8.07. The number of H-pyrrole nitrogens is 1. The maximum absolute atomic E-state index is 13.4. The number of amides is 1. The molecule has 5 rings (SSSR count). The van der Waals surface area contributed by atoms with Crippen LogP contribution in [0.15, 0.2) is 97.5 Å². The first kappa shape index (κ1) is 29.2. The number of pyridine rings is 1. The highest BCUT2D eigenvalue weighted by Gasteiger charge is 2.17. The molecule has 0 fully saturated rings. The van der Waals surface area contributed by atoms with Crippen molar-refractivity contribution in [2.75, 3.05) is 18.4 Å². The van der Waals surface area contributed by atoms with Crippen LogP contribution in [0.4, 0.5) is 5.69 Å². The van der Waals surface area contributed by atoms with Gasteiger partial charge in [-0.15, -0.1) is 0 Å². The third-order valence-corrected chi connectivity index (χ3v) is 7.46. The van der Waals surface area contributed by atoms with E-state index < -0.39 is 0 Å². The van der Waals surface area contributed by atoms with E-state index in [0.29, 0.717) is 18.5 Å². The van der Waals surface area contributed by atoms with Crippen molar-refractivity contribution < 1.29 is 4.79 Å². The number of anilines is 1. The smallest absolute Gasteiger partial charge is 0.255 e. The first-order valence-electron chi connectivity index (χ1n) is 14.9. The number of hydrogen-bond donors (Lipinski definition) is 3. The fraction of sp³-hybridized carbons (Fsp3) is 0.286. The van der Waals surface area contributed by atoms with Gasteiger partial charge in [-0.25, -0.2) is 4.98 Å². The molecule has 7 heteroatoms. The minimum absolute atomic E-state index is 0.0445. The zero-order valence-electron chi connectivity index (χ0n) is 24.5. The highest BCUT2D eigenvalue weighted by molar-refractivity contribution is 6.05. The molecule has 0 aliphatic heterocycles. The summed E-state index contributed by atoms with van der Waals surface area (Å²) in [4.78, 5) is 28.2. The van der Waals surface area contributed by atoms with Crippen molar-refractivity contribution in [1.82, 2.24) is 25.2 Å². The van der Waals surface area contributed by atoms with E-state index >= 15 is 0 Å². The molecule has 1 amide bonds. The molecule has 7 nitrogen and oxygen atoms in total. The lowest BCUT2D eigenvalue weighted by Gasteiger charge is -2.21. The van der Waals surface area contributed by atoms with Crippen LogP contribution in [0, 0.1) is 0 Å². The number of para-hydroxylation sites is 1. The number of rotatable bonds is 14. The van der Waals surface area contributed by atoms with E-state index in [1.54, 1.807) is 6.20 Å². The molecule has 2 aromatic heterocycles. The van der Waals surface area contributed by atoms with Crippen LogP contribution in [0.2, 0.25) is 0 Å². The SMILES string of the molecule is CCCN(CCC)Cc1ccc(NC(=O)c2ccccc2CNC(Cc2ncc[nH]2)c2cnc3ccccc3c2)cc1. The van der Waals surface area contributed by atoms with Gasteiger partial charge >= 0.3 is 0 Å². The molecular weight excluding hydrogens is 520 g/mol. The van der Waals surface area contributed by atoms with Crippen LogP contribution in [-0.4, -0.2) is 38.8 Å². The molecule has 2 heterocycles. The normalized spacial score (nSPS) is 12.1. The minimum Gasteiger partial charge on any atom is -0.349 e. The number of nitrogens with zero attached hydrogens (tertiary/aromatic N) is 3. The first-order chi connectivity index (χ1) is 20.6. The third-order valence-electron chi connectivity index (χ3n) is 7.46. The third kappa shape index (κ3) is 7.69. The molecule has 42 heavy (non-hydrogen) atoms. The average Bonchev–Trinajstić information content (AvgIpc) is 3.54. The maximum atomic E-state index is 13.4. The molecule has 0 saturated heterocycles. The van der Waals surface area contributed by atoms with E-state index in [-0.39, 0.29) is 11.9 Å². The highest BCUT2D eigenvalue weighted by Crippen LogP contribution is 2.22. The number of nitrogens with one attached hydrogen (secondary N) is 3. The van der Waals surface area contributed by atoms with Crippen LogP contribution in [0.1, 0.15) is 65.6 Å². The number of aromatic nitrogens is 3. The first-order valence-corrected chi connectivity index (χ1v) is 14.9. The Labute approximate surface area is 248 Å². The van der Waals surface area contributed by atoms with Crippen molar-refractivity contribution in [2.24, 2.45) is 0 Å². The van der Waals surface area contributed by atoms with E-state index in [9.17, 15) is 4.79 Å². The maximum Gasteiger partial charge on any atom is 0.255 e. The second-order valence-corrected chi connectivity index (χ2v) is 10.7. The number of fused-ring (bicyclic) bond motifs is 1. The summed E-state index contributed by atoms with van der Waals surface area (Å²) >= 11 is 0. The van der Waals surface area contributed by atoms with E-state index in [0.717, 1.165) is 66.0 Å². The molecule has 5 aromatic rings. The van der Waals surface area contributed by atoms with Crippen molar-refractivity contribution in [3.8, 4) is 0 Å². The van der Waals surface area contributed by atoms with Crippen LogP contribution in [0.25, 0.3) is 10.9 Å². The van der Waals surface area contributed by atoms with Crippen molar-refractivity contribution >= 4 is 22.5 Å². The van der Waals surface area contributed by atoms with Crippen molar-refractivity contribution in [1.29, 1.82) is 0 Å². The zero-order chi connectivity index (χ0) is 29.1. The topological polar surface area (TPSA) is 85.9 Å². The van der Waals surface area contributed by atoms with Gasteiger partial charge in [0.2, 0.25) is 0 Å². The quantitative estimate of drug-likeness (QED) is 0.137. The molecule has 0 aliphatic carbocycles. The summed E-state index contributed by atoms with van der Waals surface area (Å²) in [5.41, 5.74) is 5.67. The van der Waals surface area contributed by atoms with Gasteiger partial charge in [-0.2, -0.15) is 0 Å². The van der Waals surface area contributed by atoms with Gasteiger partial charge in [-0.05, 0) is 73.0 Å².